The Morgan fingerprint density at radius 2 is 1.64 bits per heavy atom. The second kappa shape index (κ2) is 5.55. The fourth-order valence-corrected chi connectivity index (χ4v) is 2.24. The van der Waals surface area contributed by atoms with Crippen molar-refractivity contribution < 1.29 is 4.42 Å². The average Bonchev–Trinajstić information content (AvgIpc) is 3.04. The van der Waals surface area contributed by atoms with Gasteiger partial charge in [0, 0.05) is 11.8 Å². The van der Waals surface area contributed by atoms with E-state index in [2.05, 4.69) is 11.1 Å². The summed E-state index contributed by atoms with van der Waals surface area (Å²) in [4.78, 5) is 4.22. The number of hydrogen-bond acceptors (Lipinski definition) is 4. The molecule has 0 fully saturated rings. The number of furan rings is 1. The third-order valence-corrected chi connectivity index (χ3v) is 3.37. The first kappa shape index (κ1) is 13.6. The van der Waals surface area contributed by atoms with Gasteiger partial charge in [-0.3, -0.25) is 4.98 Å². The Labute approximate surface area is 127 Å². The predicted molar refractivity (Wildman–Crippen MR) is 81.5 cm³/mol. The molecule has 0 aliphatic rings. The maximum Gasteiger partial charge on any atom is 0.153 e. The number of nitriles is 2. The van der Waals surface area contributed by atoms with Crippen molar-refractivity contribution >= 4 is 0 Å². The van der Waals surface area contributed by atoms with Crippen LogP contribution in [0.15, 0.2) is 53.1 Å². The maximum atomic E-state index is 8.91. The molecule has 2 aromatic heterocycles. The van der Waals surface area contributed by atoms with E-state index in [1.165, 1.54) is 6.20 Å². The van der Waals surface area contributed by atoms with E-state index in [4.69, 9.17) is 14.9 Å². The molecule has 0 atom stereocenters. The summed E-state index contributed by atoms with van der Waals surface area (Å²) >= 11 is 0. The first-order valence-corrected chi connectivity index (χ1v) is 6.69. The number of nitrogens with zero attached hydrogens (tertiary/aromatic N) is 3. The van der Waals surface area contributed by atoms with Gasteiger partial charge in [0.2, 0.25) is 0 Å². The van der Waals surface area contributed by atoms with Crippen LogP contribution in [0.25, 0.3) is 22.8 Å². The monoisotopic (exact) mass is 285 g/mol. The summed E-state index contributed by atoms with van der Waals surface area (Å²) in [6.45, 7) is 1.94. The van der Waals surface area contributed by atoms with Crippen LogP contribution < -0.4 is 0 Å². The van der Waals surface area contributed by atoms with Gasteiger partial charge in [-0.15, -0.1) is 0 Å². The Hall–Kier alpha value is -3.37. The van der Waals surface area contributed by atoms with Crippen molar-refractivity contribution in [2.24, 2.45) is 0 Å². The van der Waals surface area contributed by atoms with E-state index >= 15 is 0 Å². The molecular formula is C18H11N3O. The number of aryl methyl sites for hydroxylation is 1. The van der Waals surface area contributed by atoms with Crippen LogP contribution >= 0.6 is 0 Å². The third kappa shape index (κ3) is 2.46. The summed E-state index contributed by atoms with van der Waals surface area (Å²) < 4.78 is 5.86. The normalized spacial score (nSPS) is 9.95. The lowest BCUT2D eigenvalue weighted by Crippen LogP contribution is -1.84. The van der Waals surface area contributed by atoms with E-state index < -0.39 is 0 Å². The lowest BCUT2D eigenvalue weighted by molar-refractivity contribution is 0.594. The van der Waals surface area contributed by atoms with Gasteiger partial charge in [-0.25, -0.2) is 0 Å². The Balaban J connectivity index is 1.97. The minimum Gasteiger partial charge on any atom is -0.454 e. The molecule has 3 aromatic rings. The molecule has 0 saturated carbocycles. The maximum absolute atomic E-state index is 8.91. The van der Waals surface area contributed by atoms with Gasteiger partial charge in [0.15, 0.2) is 5.76 Å². The summed E-state index contributed by atoms with van der Waals surface area (Å²) in [5.41, 5.74) is 3.74. The van der Waals surface area contributed by atoms with E-state index in [1.807, 2.05) is 37.3 Å². The molecular weight excluding hydrogens is 274 g/mol. The highest BCUT2D eigenvalue weighted by atomic mass is 16.3. The second-order valence-electron chi connectivity index (χ2n) is 4.85. The Bertz CT molecular complexity index is 909. The first-order chi connectivity index (χ1) is 10.7. The van der Waals surface area contributed by atoms with E-state index in [0.29, 0.717) is 22.6 Å². The Morgan fingerprint density at radius 1 is 0.909 bits per heavy atom. The molecule has 0 radical (unpaired) electrons. The van der Waals surface area contributed by atoms with Crippen LogP contribution in [0.5, 0.6) is 0 Å². The van der Waals surface area contributed by atoms with E-state index in [1.54, 1.807) is 18.2 Å². The number of rotatable bonds is 2. The highest BCUT2D eigenvalue weighted by molar-refractivity contribution is 5.66. The lowest BCUT2D eigenvalue weighted by atomic mass is 10.0. The molecule has 4 heteroatoms. The smallest absolute Gasteiger partial charge is 0.153 e. The van der Waals surface area contributed by atoms with Crippen LogP contribution in [0, 0.1) is 29.6 Å². The number of aromatic nitrogens is 1. The largest absolute Gasteiger partial charge is 0.454 e. The standard InChI is InChI=1S/C18H11N3O/c1-12-8-13(9-19)2-4-15(12)17-6-7-18(22-17)16-5-3-14(10-20)11-21-16/h2-8,11H,1H3. The Morgan fingerprint density at radius 3 is 2.27 bits per heavy atom. The minimum absolute atomic E-state index is 0.512. The van der Waals surface area contributed by atoms with Crippen LogP contribution in [0.3, 0.4) is 0 Å². The zero-order valence-electron chi connectivity index (χ0n) is 11.9. The molecule has 4 nitrogen and oxygen atoms in total. The molecule has 22 heavy (non-hydrogen) atoms. The van der Waals surface area contributed by atoms with Gasteiger partial charge in [0.25, 0.3) is 0 Å². The van der Waals surface area contributed by atoms with Crippen LogP contribution in [-0.4, -0.2) is 4.98 Å². The molecule has 2 heterocycles. The molecule has 0 amide bonds. The summed E-state index contributed by atoms with van der Waals surface area (Å²) in [5.74, 6) is 1.37. The summed E-state index contributed by atoms with van der Waals surface area (Å²) in [6, 6.07) is 16.8. The molecule has 0 unspecified atom stereocenters. The van der Waals surface area contributed by atoms with Crippen LogP contribution in [0.1, 0.15) is 16.7 Å². The number of pyridine rings is 1. The van der Waals surface area contributed by atoms with Crippen LogP contribution in [0.4, 0.5) is 0 Å². The van der Waals surface area contributed by atoms with Gasteiger partial charge < -0.3 is 4.42 Å². The van der Waals surface area contributed by atoms with Crippen molar-refractivity contribution in [1.82, 2.24) is 4.98 Å². The summed E-state index contributed by atoms with van der Waals surface area (Å²) in [5, 5.41) is 17.7. The van der Waals surface area contributed by atoms with Gasteiger partial charge in [0.1, 0.15) is 17.5 Å². The van der Waals surface area contributed by atoms with E-state index in [0.717, 1.165) is 16.9 Å². The van der Waals surface area contributed by atoms with Gasteiger partial charge in [0.05, 0.1) is 17.2 Å². The SMILES string of the molecule is Cc1cc(C#N)ccc1-c1ccc(-c2ccc(C#N)cn2)o1. The fraction of sp³-hybridized carbons (Fsp3) is 0.0556. The molecule has 0 bridgehead atoms. The van der Waals surface area contributed by atoms with Crippen molar-refractivity contribution in [3.05, 3.63) is 65.4 Å². The highest BCUT2D eigenvalue weighted by Crippen LogP contribution is 2.30. The number of benzene rings is 1. The zero-order chi connectivity index (χ0) is 15.5. The zero-order valence-corrected chi connectivity index (χ0v) is 11.9. The molecule has 0 aliphatic carbocycles. The van der Waals surface area contributed by atoms with Crippen molar-refractivity contribution in [2.75, 3.05) is 0 Å². The van der Waals surface area contributed by atoms with Crippen molar-refractivity contribution in [3.8, 4) is 34.9 Å². The van der Waals surface area contributed by atoms with Gasteiger partial charge in [-0.05, 0) is 55.0 Å². The number of hydrogen-bond donors (Lipinski definition) is 0. The van der Waals surface area contributed by atoms with Gasteiger partial charge >= 0.3 is 0 Å². The molecule has 104 valence electrons. The minimum atomic E-state index is 0.512. The highest BCUT2D eigenvalue weighted by Gasteiger charge is 2.10. The van der Waals surface area contributed by atoms with E-state index in [-0.39, 0.29) is 0 Å². The lowest BCUT2D eigenvalue weighted by Gasteiger charge is -2.03. The van der Waals surface area contributed by atoms with Crippen molar-refractivity contribution in [1.29, 1.82) is 10.5 Å². The summed E-state index contributed by atoms with van der Waals surface area (Å²) in [6.07, 6.45) is 1.52. The Kier molecular flexibility index (Phi) is 3.43. The fourth-order valence-electron chi connectivity index (χ4n) is 2.24. The van der Waals surface area contributed by atoms with Crippen molar-refractivity contribution in [2.45, 2.75) is 6.92 Å². The van der Waals surface area contributed by atoms with Crippen LogP contribution in [0.2, 0.25) is 0 Å². The molecule has 0 N–H and O–H groups in total. The predicted octanol–water partition coefficient (Wildman–Crippen LogP) is 4.06. The van der Waals surface area contributed by atoms with Crippen LogP contribution in [-0.2, 0) is 0 Å². The van der Waals surface area contributed by atoms with Crippen molar-refractivity contribution in [3.63, 3.8) is 0 Å². The summed E-state index contributed by atoms with van der Waals surface area (Å²) in [7, 11) is 0. The average molecular weight is 285 g/mol. The topological polar surface area (TPSA) is 73.6 Å². The molecule has 3 rings (SSSR count). The van der Waals surface area contributed by atoms with E-state index in [9.17, 15) is 0 Å². The molecule has 0 aliphatic heterocycles. The molecule has 0 saturated heterocycles. The molecule has 0 spiro atoms. The second-order valence-corrected chi connectivity index (χ2v) is 4.85. The molecule has 1 aromatic carbocycles. The first-order valence-electron chi connectivity index (χ1n) is 6.69. The quantitative estimate of drug-likeness (QED) is 0.711. The van der Waals surface area contributed by atoms with Gasteiger partial charge in [-0.1, -0.05) is 0 Å². The van der Waals surface area contributed by atoms with Gasteiger partial charge in [-0.2, -0.15) is 10.5 Å². The third-order valence-electron chi connectivity index (χ3n) is 3.37.